The summed E-state index contributed by atoms with van der Waals surface area (Å²) >= 11 is 1.64. The Morgan fingerprint density at radius 1 is 1.32 bits per heavy atom. The van der Waals surface area contributed by atoms with Crippen LogP contribution < -0.4 is 9.47 Å². The third-order valence-electron chi connectivity index (χ3n) is 3.60. The molecule has 2 aromatic rings. The summed E-state index contributed by atoms with van der Waals surface area (Å²) in [6.07, 6.45) is 1.21. The van der Waals surface area contributed by atoms with E-state index in [4.69, 9.17) is 14.6 Å². The number of methoxy groups -OCH3 is 2. The number of carboxylic acids is 1. The maximum absolute atomic E-state index is 11.1. The van der Waals surface area contributed by atoms with E-state index in [1.165, 1.54) is 0 Å². The Morgan fingerprint density at radius 2 is 2.11 bits per heavy atom. The van der Waals surface area contributed by atoms with E-state index in [0.29, 0.717) is 12.8 Å². The van der Waals surface area contributed by atoms with Crippen molar-refractivity contribution in [3.8, 4) is 11.5 Å². The minimum Gasteiger partial charge on any atom is -0.497 e. The molecule has 100 valence electrons. The first-order chi connectivity index (χ1) is 9.13. The summed E-state index contributed by atoms with van der Waals surface area (Å²) in [5.74, 6) is 0.512. The van der Waals surface area contributed by atoms with Crippen LogP contribution in [0.25, 0.3) is 10.1 Å². The Morgan fingerprint density at radius 3 is 2.74 bits per heavy atom. The molecule has 3 rings (SSSR count). The average Bonchev–Trinajstić information content (AvgIpc) is 2.94. The number of hydrogen-bond acceptors (Lipinski definition) is 4. The number of hydrogen-bond donors (Lipinski definition) is 1. The van der Waals surface area contributed by atoms with Gasteiger partial charge in [0.1, 0.15) is 11.5 Å². The molecule has 0 aliphatic heterocycles. The average molecular weight is 278 g/mol. The van der Waals surface area contributed by atoms with E-state index in [1.807, 2.05) is 12.1 Å². The maximum atomic E-state index is 11.1. The van der Waals surface area contributed by atoms with Crippen molar-refractivity contribution in [3.63, 3.8) is 0 Å². The molecule has 1 aliphatic carbocycles. The fourth-order valence-electron chi connectivity index (χ4n) is 2.65. The van der Waals surface area contributed by atoms with E-state index in [9.17, 15) is 4.79 Å². The van der Waals surface area contributed by atoms with E-state index in [1.54, 1.807) is 25.6 Å². The Balaban J connectivity index is 2.16. The second kappa shape index (κ2) is 4.42. The molecule has 0 spiro atoms. The van der Waals surface area contributed by atoms with Crippen LogP contribution in [-0.4, -0.2) is 25.3 Å². The van der Waals surface area contributed by atoms with Crippen molar-refractivity contribution in [2.75, 3.05) is 14.2 Å². The van der Waals surface area contributed by atoms with Gasteiger partial charge in [-0.3, -0.25) is 4.79 Å². The molecule has 1 N–H and O–H groups in total. The highest BCUT2D eigenvalue weighted by Gasteiger charge is 2.31. The van der Waals surface area contributed by atoms with Gasteiger partial charge >= 0.3 is 5.97 Å². The third-order valence-corrected chi connectivity index (χ3v) is 4.80. The molecule has 0 saturated carbocycles. The van der Waals surface area contributed by atoms with Gasteiger partial charge in [-0.05, 0) is 24.5 Å². The number of thiophene rings is 1. The Bertz CT molecular complexity index is 659. The summed E-state index contributed by atoms with van der Waals surface area (Å²) in [4.78, 5) is 12.3. The van der Waals surface area contributed by atoms with E-state index >= 15 is 0 Å². The van der Waals surface area contributed by atoms with Crippen LogP contribution >= 0.6 is 11.3 Å². The Kier molecular flexibility index (Phi) is 2.86. The van der Waals surface area contributed by atoms with Crippen LogP contribution in [0.1, 0.15) is 10.4 Å². The van der Waals surface area contributed by atoms with Gasteiger partial charge in [0.15, 0.2) is 0 Å². The van der Waals surface area contributed by atoms with Crippen molar-refractivity contribution in [1.29, 1.82) is 0 Å². The van der Waals surface area contributed by atoms with Crippen LogP contribution in [0.15, 0.2) is 12.1 Å². The van der Waals surface area contributed by atoms with E-state index < -0.39 is 5.97 Å². The molecule has 0 bridgehead atoms. The summed E-state index contributed by atoms with van der Waals surface area (Å²) in [5.41, 5.74) is 1.13. The summed E-state index contributed by atoms with van der Waals surface area (Å²) in [5, 5.41) is 10.2. The first-order valence-corrected chi connectivity index (χ1v) is 6.84. The molecule has 19 heavy (non-hydrogen) atoms. The first kappa shape index (κ1) is 12.3. The second-order valence-electron chi connectivity index (χ2n) is 4.65. The van der Waals surface area contributed by atoms with Crippen molar-refractivity contribution in [2.45, 2.75) is 12.8 Å². The fourth-order valence-corrected chi connectivity index (χ4v) is 4.01. The van der Waals surface area contributed by atoms with Gasteiger partial charge in [0.2, 0.25) is 0 Å². The summed E-state index contributed by atoms with van der Waals surface area (Å²) in [6.45, 7) is 0. The fraction of sp³-hybridized carbons (Fsp3) is 0.357. The molecular weight excluding hydrogens is 264 g/mol. The number of carbonyl (C=O) groups is 1. The number of benzene rings is 1. The molecule has 0 saturated heterocycles. The predicted molar refractivity (Wildman–Crippen MR) is 73.5 cm³/mol. The Hall–Kier alpha value is -1.75. The van der Waals surface area contributed by atoms with E-state index in [-0.39, 0.29) is 5.92 Å². The van der Waals surface area contributed by atoms with Crippen LogP contribution in [0, 0.1) is 5.92 Å². The lowest BCUT2D eigenvalue weighted by atomic mass is 10.1. The van der Waals surface area contributed by atoms with Crippen LogP contribution in [0.5, 0.6) is 11.5 Å². The Labute approximate surface area is 114 Å². The molecule has 1 atom stereocenters. The van der Waals surface area contributed by atoms with Crippen molar-refractivity contribution < 1.29 is 19.4 Å². The molecule has 1 aromatic carbocycles. The monoisotopic (exact) mass is 278 g/mol. The topological polar surface area (TPSA) is 55.8 Å². The third kappa shape index (κ3) is 1.85. The number of carboxylic acid groups (broad SMARTS) is 1. The molecule has 0 fully saturated rings. The first-order valence-electron chi connectivity index (χ1n) is 6.03. The molecule has 1 aliphatic rings. The largest absolute Gasteiger partial charge is 0.497 e. The zero-order valence-corrected chi connectivity index (χ0v) is 11.5. The normalized spacial score (nSPS) is 17.5. The van der Waals surface area contributed by atoms with Crippen molar-refractivity contribution in [2.24, 2.45) is 5.92 Å². The molecule has 1 heterocycles. The van der Waals surface area contributed by atoms with Crippen LogP contribution in [0.4, 0.5) is 0 Å². The van der Waals surface area contributed by atoms with Crippen LogP contribution in [0.2, 0.25) is 0 Å². The van der Waals surface area contributed by atoms with Crippen molar-refractivity contribution in [3.05, 3.63) is 22.6 Å². The number of ether oxygens (including phenoxy) is 2. The van der Waals surface area contributed by atoms with Gasteiger partial charge in [-0.2, -0.15) is 0 Å². The van der Waals surface area contributed by atoms with Gasteiger partial charge in [0.05, 0.1) is 20.1 Å². The highest BCUT2D eigenvalue weighted by molar-refractivity contribution is 7.19. The lowest BCUT2D eigenvalue weighted by molar-refractivity contribution is -0.141. The van der Waals surface area contributed by atoms with Gasteiger partial charge in [-0.15, -0.1) is 11.3 Å². The highest BCUT2D eigenvalue weighted by Crippen LogP contribution is 2.45. The number of fused-ring (bicyclic) bond motifs is 3. The molecular formula is C14H14O4S. The van der Waals surface area contributed by atoms with Gasteiger partial charge in [0.25, 0.3) is 0 Å². The summed E-state index contributed by atoms with van der Waals surface area (Å²) < 4.78 is 11.8. The quantitative estimate of drug-likeness (QED) is 0.938. The second-order valence-corrected chi connectivity index (χ2v) is 5.79. The molecule has 5 heteroatoms. The number of aliphatic carboxylic acids is 1. The predicted octanol–water partition coefficient (Wildman–Crippen LogP) is 2.72. The van der Waals surface area contributed by atoms with Gasteiger partial charge in [-0.1, -0.05) is 0 Å². The zero-order valence-electron chi connectivity index (χ0n) is 10.7. The van der Waals surface area contributed by atoms with Gasteiger partial charge in [0, 0.05) is 21.0 Å². The molecule has 1 unspecified atom stereocenters. The SMILES string of the molecule is COc1cc(OC)c2c3c(sc2c1)CC(C(=O)O)C3. The van der Waals surface area contributed by atoms with Crippen LogP contribution in [-0.2, 0) is 17.6 Å². The molecule has 4 nitrogen and oxygen atoms in total. The maximum Gasteiger partial charge on any atom is 0.307 e. The zero-order chi connectivity index (χ0) is 13.6. The van der Waals surface area contributed by atoms with Gasteiger partial charge < -0.3 is 14.6 Å². The minimum absolute atomic E-state index is 0.294. The van der Waals surface area contributed by atoms with Crippen LogP contribution in [0.3, 0.4) is 0 Å². The highest BCUT2D eigenvalue weighted by atomic mass is 32.1. The summed E-state index contributed by atoms with van der Waals surface area (Å²) in [6, 6.07) is 3.83. The van der Waals surface area contributed by atoms with E-state index in [2.05, 4.69) is 0 Å². The molecule has 0 amide bonds. The van der Waals surface area contributed by atoms with Crippen molar-refractivity contribution in [1.82, 2.24) is 0 Å². The number of rotatable bonds is 3. The van der Waals surface area contributed by atoms with Gasteiger partial charge in [-0.25, -0.2) is 0 Å². The minimum atomic E-state index is -0.718. The smallest absolute Gasteiger partial charge is 0.307 e. The molecule has 0 radical (unpaired) electrons. The standard InChI is InChI=1S/C14H14O4S/c1-17-8-5-10(18-2)13-9-3-7(14(15)16)4-11(9)19-12(13)6-8/h5-7H,3-4H2,1-2H3,(H,15,16). The van der Waals surface area contributed by atoms with Crippen molar-refractivity contribution >= 4 is 27.4 Å². The summed E-state index contributed by atoms with van der Waals surface area (Å²) in [7, 11) is 3.25. The lowest BCUT2D eigenvalue weighted by Crippen LogP contribution is -2.13. The molecule has 1 aromatic heterocycles. The van der Waals surface area contributed by atoms with E-state index in [0.717, 1.165) is 32.0 Å². The lowest BCUT2D eigenvalue weighted by Gasteiger charge is -2.08.